The predicted molar refractivity (Wildman–Crippen MR) is 137 cm³/mol. The van der Waals surface area contributed by atoms with Gasteiger partial charge in [-0.15, -0.1) is 0 Å². The van der Waals surface area contributed by atoms with Gasteiger partial charge in [-0.25, -0.2) is 21.2 Å². The summed E-state index contributed by atoms with van der Waals surface area (Å²) < 4.78 is 68.9. The number of amides is 1. The highest BCUT2D eigenvalue weighted by atomic mass is 32.2. The number of alkyl halides is 1. The molecule has 0 aromatic heterocycles. The summed E-state index contributed by atoms with van der Waals surface area (Å²) >= 11 is 0. The molecule has 11 heteroatoms. The number of fused-ring (bicyclic) bond motifs is 1. The summed E-state index contributed by atoms with van der Waals surface area (Å²) in [5.41, 5.74) is -0.236. The van der Waals surface area contributed by atoms with Crippen LogP contribution in [0.2, 0.25) is 0 Å². The fourth-order valence-corrected chi connectivity index (χ4v) is 5.72. The minimum atomic E-state index is -4.04. The third-order valence-corrected chi connectivity index (χ3v) is 8.17. The molecule has 0 atom stereocenters. The second-order valence-corrected chi connectivity index (χ2v) is 12.2. The van der Waals surface area contributed by atoms with Crippen LogP contribution in [0.4, 0.5) is 21.5 Å². The maximum absolute atomic E-state index is 13.2. The van der Waals surface area contributed by atoms with Crippen molar-refractivity contribution < 1.29 is 26.0 Å². The van der Waals surface area contributed by atoms with Gasteiger partial charge in [-0.05, 0) is 56.7 Å². The number of carbonyl (C=O) groups excluding carboxylic acids is 1. The molecule has 188 valence electrons. The van der Waals surface area contributed by atoms with Crippen molar-refractivity contribution in [3.63, 3.8) is 0 Å². The Balaban J connectivity index is 1.87. The Morgan fingerprint density at radius 3 is 2.09 bits per heavy atom. The van der Waals surface area contributed by atoms with Crippen LogP contribution in [-0.4, -0.2) is 35.2 Å². The molecule has 3 aromatic rings. The van der Waals surface area contributed by atoms with Gasteiger partial charge in [0.15, 0.2) is 0 Å². The van der Waals surface area contributed by atoms with Crippen LogP contribution < -0.4 is 14.8 Å². The average molecular weight is 522 g/mol. The monoisotopic (exact) mass is 521 g/mol. The summed E-state index contributed by atoms with van der Waals surface area (Å²) in [6.45, 7) is 3.90. The van der Waals surface area contributed by atoms with E-state index in [1.165, 1.54) is 44.2 Å². The van der Waals surface area contributed by atoms with Gasteiger partial charge in [-0.3, -0.25) is 14.2 Å². The number of halogens is 1. The Hall–Kier alpha value is -3.18. The second kappa shape index (κ2) is 10.2. The number of nitrogens with one attached hydrogen (secondary N) is 3. The Bertz CT molecular complexity index is 1440. The molecule has 0 radical (unpaired) electrons. The fourth-order valence-electron chi connectivity index (χ4n) is 3.28. The van der Waals surface area contributed by atoms with Crippen LogP contribution in [0.25, 0.3) is 10.8 Å². The third kappa shape index (κ3) is 6.29. The molecule has 3 rings (SSSR count). The van der Waals surface area contributed by atoms with Crippen LogP contribution >= 0.6 is 0 Å². The molecule has 0 bridgehead atoms. The smallest absolute Gasteiger partial charge is 0.262 e. The van der Waals surface area contributed by atoms with Crippen molar-refractivity contribution in [2.75, 3.05) is 27.2 Å². The lowest BCUT2D eigenvalue weighted by molar-refractivity contribution is -0.124. The summed E-state index contributed by atoms with van der Waals surface area (Å²) in [7, 11) is -7.60. The number of sulfonamides is 2. The van der Waals surface area contributed by atoms with E-state index >= 15 is 0 Å². The van der Waals surface area contributed by atoms with Crippen molar-refractivity contribution in [3.8, 4) is 0 Å². The van der Waals surface area contributed by atoms with Crippen molar-refractivity contribution >= 4 is 53.8 Å². The lowest BCUT2D eigenvalue weighted by atomic mass is 9.94. The molecule has 3 N–H and O–H groups in total. The molecule has 0 aliphatic heterocycles. The molecule has 0 spiro atoms. The quantitative estimate of drug-likeness (QED) is 0.356. The van der Waals surface area contributed by atoms with Gasteiger partial charge >= 0.3 is 0 Å². The number of hydrogen-bond donors (Lipinski definition) is 3. The van der Waals surface area contributed by atoms with Crippen LogP contribution in [0.1, 0.15) is 27.2 Å². The number of carbonyl (C=O) groups is 1. The van der Waals surface area contributed by atoms with Crippen molar-refractivity contribution in [3.05, 3.63) is 60.7 Å². The van der Waals surface area contributed by atoms with Gasteiger partial charge in [0, 0.05) is 22.1 Å². The molecule has 3 aromatic carbocycles. The zero-order chi connectivity index (χ0) is 25.9. The lowest BCUT2D eigenvalue weighted by Crippen LogP contribution is -2.32. The minimum absolute atomic E-state index is 0.0198. The van der Waals surface area contributed by atoms with Gasteiger partial charge in [0.05, 0.1) is 21.8 Å². The SMILES string of the molecule is CCCS(=O)(=O)Nc1cccc2c(S(=O)(=O)Nc3ccc(NC(=O)C(C)(C)CF)cc3)cccc12. The van der Waals surface area contributed by atoms with Crippen LogP contribution in [0.3, 0.4) is 0 Å². The highest BCUT2D eigenvalue weighted by Crippen LogP contribution is 2.31. The molecule has 0 aliphatic rings. The first-order valence-electron chi connectivity index (χ1n) is 10.9. The van der Waals surface area contributed by atoms with Gasteiger partial charge in [0.1, 0.15) is 6.67 Å². The zero-order valence-electron chi connectivity index (χ0n) is 19.6. The van der Waals surface area contributed by atoms with Gasteiger partial charge in [0.2, 0.25) is 15.9 Å². The Labute approximate surface area is 205 Å². The van der Waals surface area contributed by atoms with Crippen LogP contribution in [0.5, 0.6) is 0 Å². The van der Waals surface area contributed by atoms with Crippen molar-refractivity contribution in [2.24, 2.45) is 5.41 Å². The van der Waals surface area contributed by atoms with E-state index in [1.54, 1.807) is 37.3 Å². The standard InChI is InChI=1S/C24H28FN3O5S2/c1-4-15-34(30,31)28-21-9-5-8-20-19(21)7-6-10-22(20)35(32,33)27-18-13-11-17(12-14-18)26-23(29)24(2,3)16-25/h5-14,27-28H,4,15-16H2,1-3H3,(H,26,29). The Kier molecular flexibility index (Phi) is 7.71. The number of rotatable bonds is 10. The van der Waals surface area contributed by atoms with E-state index in [0.29, 0.717) is 28.6 Å². The highest BCUT2D eigenvalue weighted by molar-refractivity contribution is 7.93. The van der Waals surface area contributed by atoms with E-state index in [9.17, 15) is 26.0 Å². The third-order valence-electron chi connectivity index (χ3n) is 5.25. The molecule has 0 fully saturated rings. The van der Waals surface area contributed by atoms with Crippen molar-refractivity contribution in [1.82, 2.24) is 0 Å². The summed E-state index contributed by atoms with van der Waals surface area (Å²) in [5.74, 6) is -0.542. The molecule has 0 aliphatic carbocycles. The van der Waals surface area contributed by atoms with Gasteiger partial charge in [-0.2, -0.15) is 0 Å². The largest absolute Gasteiger partial charge is 0.326 e. The highest BCUT2D eigenvalue weighted by Gasteiger charge is 2.27. The first-order chi connectivity index (χ1) is 16.4. The van der Waals surface area contributed by atoms with E-state index in [1.807, 2.05) is 0 Å². The predicted octanol–water partition coefficient (Wildman–Crippen LogP) is 4.73. The summed E-state index contributed by atoms with van der Waals surface area (Å²) in [6, 6.07) is 15.4. The Morgan fingerprint density at radius 2 is 1.46 bits per heavy atom. The normalized spacial score (nSPS) is 12.3. The minimum Gasteiger partial charge on any atom is -0.326 e. The molecule has 8 nitrogen and oxygen atoms in total. The summed E-state index contributed by atoms with van der Waals surface area (Å²) in [4.78, 5) is 12.1. The number of anilines is 3. The molecule has 0 saturated heterocycles. The van der Waals surface area contributed by atoms with Crippen molar-refractivity contribution in [2.45, 2.75) is 32.1 Å². The summed E-state index contributed by atoms with van der Waals surface area (Å²) in [5, 5.41) is 3.40. The molecule has 1 amide bonds. The number of benzene rings is 3. The maximum atomic E-state index is 13.2. The molecule has 0 heterocycles. The molecule has 35 heavy (non-hydrogen) atoms. The van der Waals surface area contributed by atoms with E-state index in [0.717, 1.165) is 0 Å². The molecular weight excluding hydrogens is 493 g/mol. The lowest BCUT2D eigenvalue weighted by Gasteiger charge is -2.19. The second-order valence-electron chi connectivity index (χ2n) is 8.73. The van der Waals surface area contributed by atoms with Gasteiger partial charge < -0.3 is 5.32 Å². The average Bonchev–Trinajstić information content (AvgIpc) is 2.79. The zero-order valence-corrected chi connectivity index (χ0v) is 21.3. The van der Waals surface area contributed by atoms with E-state index in [4.69, 9.17) is 0 Å². The van der Waals surface area contributed by atoms with Gasteiger partial charge in [0.25, 0.3) is 10.0 Å². The number of hydrogen-bond acceptors (Lipinski definition) is 5. The first kappa shape index (κ1) is 26.4. The van der Waals surface area contributed by atoms with Crippen LogP contribution in [-0.2, 0) is 24.8 Å². The fraction of sp³-hybridized carbons (Fsp3) is 0.292. The molecular formula is C24H28FN3O5S2. The summed E-state index contributed by atoms with van der Waals surface area (Å²) in [6.07, 6.45) is 0.444. The van der Waals surface area contributed by atoms with Crippen molar-refractivity contribution in [1.29, 1.82) is 0 Å². The van der Waals surface area contributed by atoms with E-state index in [2.05, 4.69) is 14.8 Å². The van der Waals surface area contributed by atoms with E-state index < -0.39 is 38.0 Å². The topological polar surface area (TPSA) is 121 Å². The molecule has 0 unspecified atom stereocenters. The first-order valence-corrected chi connectivity index (χ1v) is 14.0. The Morgan fingerprint density at radius 1 is 0.857 bits per heavy atom. The van der Waals surface area contributed by atoms with Crippen LogP contribution in [0, 0.1) is 5.41 Å². The molecule has 0 saturated carbocycles. The maximum Gasteiger partial charge on any atom is 0.262 e. The van der Waals surface area contributed by atoms with Gasteiger partial charge in [-0.1, -0.05) is 31.2 Å². The van der Waals surface area contributed by atoms with E-state index in [-0.39, 0.29) is 16.3 Å². The van der Waals surface area contributed by atoms with Crippen LogP contribution in [0.15, 0.2) is 65.6 Å².